The van der Waals surface area contributed by atoms with Gasteiger partial charge in [0.2, 0.25) is 0 Å². The molecule has 0 unspecified atom stereocenters. The number of hydrogen-bond acceptors (Lipinski definition) is 4. The molecule has 1 amide bonds. The van der Waals surface area contributed by atoms with E-state index in [0.717, 1.165) is 17.5 Å². The van der Waals surface area contributed by atoms with Gasteiger partial charge < -0.3 is 9.30 Å². The highest BCUT2D eigenvalue weighted by atomic mass is 16.5. The average Bonchev–Trinajstić information content (AvgIpc) is 2.75. The minimum atomic E-state index is -0.555. The molecule has 0 aliphatic heterocycles. The standard InChI is InChI=1S/C23H23N3O3/c1-2-15-29-21-13-7-6-11-19(21)16-24-25-22(27)20-12-8-14-26(23(20)28)17-18-9-4-3-5-10-18/h3-14,16H,2,15,17H2,1H3,(H,25,27)/b24-16-. The van der Waals surface area contributed by atoms with Gasteiger partial charge in [-0.1, -0.05) is 49.4 Å². The van der Waals surface area contributed by atoms with Crippen molar-refractivity contribution in [2.45, 2.75) is 19.9 Å². The van der Waals surface area contributed by atoms with Crippen LogP contribution in [-0.2, 0) is 6.54 Å². The second kappa shape index (κ2) is 10.0. The van der Waals surface area contributed by atoms with Crippen molar-refractivity contribution in [3.8, 4) is 5.75 Å². The molecule has 0 saturated heterocycles. The van der Waals surface area contributed by atoms with Crippen LogP contribution in [0.15, 0.2) is 82.8 Å². The van der Waals surface area contributed by atoms with Gasteiger partial charge in [-0.15, -0.1) is 0 Å². The number of benzene rings is 2. The lowest BCUT2D eigenvalue weighted by atomic mass is 10.2. The van der Waals surface area contributed by atoms with Crippen LogP contribution in [0.3, 0.4) is 0 Å². The number of hydrogen-bond donors (Lipinski definition) is 1. The number of amides is 1. The minimum Gasteiger partial charge on any atom is -0.493 e. The Morgan fingerprint density at radius 2 is 1.83 bits per heavy atom. The maximum Gasteiger partial charge on any atom is 0.276 e. The van der Waals surface area contributed by atoms with Crippen LogP contribution >= 0.6 is 0 Å². The van der Waals surface area contributed by atoms with Crippen LogP contribution in [-0.4, -0.2) is 23.3 Å². The molecule has 1 aromatic heterocycles. The van der Waals surface area contributed by atoms with Gasteiger partial charge in [0, 0.05) is 11.8 Å². The molecular weight excluding hydrogens is 366 g/mol. The van der Waals surface area contributed by atoms with Crippen LogP contribution in [0.2, 0.25) is 0 Å². The minimum absolute atomic E-state index is 0.0381. The summed E-state index contributed by atoms with van der Waals surface area (Å²) in [4.78, 5) is 25.1. The highest BCUT2D eigenvalue weighted by molar-refractivity contribution is 5.94. The van der Waals surface area contributed by atoms with Crippen LogP contribution in [0.1, 0.15) is 34.8 Å². The third-order valence-electron chi connectivity index (χ3n) is 4.21. The Balaban J connectivity index is 1.71. The molecule has 3 rings (SSSR count). The molecule has 0 aliphatic rings. The lowest BCUT2D eigenvalue weighted by molar-refractivity contribution is 0.0953. The number of carbonyl (C=O) groups is 1. The molecule has 0 radical (unpaired) electrons. The van der Waals surface area contributed by atoms with Gasteiger partial charge in [0.05, 0.1) is 19.4 Å². The van der Waals surface area contributed by atoms with Crippen molar-refractivity contribution in [2.75, 3.05) is 6.61 Å². The topological polar surface area (TPSA) is 72.7 Å². The number of ether oxygens (including phenoxy) is 1. The summed E-state index contributed by atoms with van der Waals surface area (Å²) in [7, 11) is 0. The summed E-state index contributed by atoms with van der Waals surface area (Å²) < 4.78 is 7.16. The zero-order valence-electron chi connectivity index (χ0n) is 16.2. The molecule has 1 heterocycles. The molecule has 1 N–H and O–H groups in total. The predicted molar refractivity (Wildman–Crippen MR) is 114 cm³/mol. The van der Waals surface area contributed by atoms with E-state index in [-0.39, 0.29) is 11.1 Å². The molecule has 148 valence electrons. The summed E-state index contributed by atoms with van der Waals surface area (Å²) in [5, 5.41) is 3.99. The van der Waals surface area contributed by atoms with Gasteiger partial charge in [0.15, 0.2) is 0 Å². The van der Waals surface area contributed by atoms with Gasteiger partial charge in [0.1, 0.15) is 11.3 Å². The Morgan fingerprint density at radius 3 is 2.62 bits per heavy atom. The first-order valence-electron chi connectivity index (χ1n) is 9.47. The van der Waals surface area contributed by atoms with Crippen LogP contribution in [0.4, 0.5) is 0 Å². The number of nitrogens with zero attached hydrogens (tertiary/aromatic N) is 2. The second-order valence-electron chi connectivity index (χ2n) is 6.43. The summed E-state index contributed by atoms with van der Waals surface area (Å²) in [5.41, 5.74) is 3.82. The van der Waals surface area contributed by atoms with E-state index in [0.29, 0.717) is 18.9 Å². The Kier molecular flexibility index (Phi) is 6.95. The fourth-order valence-electron chi connectivity index (χ4n) is 2.77. The summed E-state index contributed by atoms with van der Waals surface area (Å²) in [5.74, 6) is 0.137. The van der Waals surface area contributed by atoms with Gasteiger partial charge in [-0.05, 0) is 36.2 Å². The van der Waals surface area contributed by atoms with E-state index in [2.05, 4.69) is 10.5 Å². The van der Waals surface area contributed by atoms with Crippen molar-refractivity contribution >= 4 is 12.1 Å². The van der Waals surface area contributed by atoms with Crippen LogP contribution in [0, 0.1) is 0 Å². The summed E-state index contributed by atoms with van der Waals surface area (Å²) in [6.07, 6.45) is 4.07. The normalized spacial score (nSPS) is 10.8. The second-order valence-corrected chi connectivity index (χ2v) is 6.43. The van der Waals surface area contributed by atoms with E-state index in [4.69, 9.17) is 4.74 Å². The van der Waals surface area contributed by atoms with Crippen LogP contribution in [0.5, 0.6) is 5.75 Å². The third kappa shape index (κ3) is 5.42. The van der Waals surface area contributed by atoms with Crippen molar-refractivity contribution in [3.05, 3.63) is 100.0 Å². The first-order chi connectivity index (χ1) is 14.2. The number of para-hydroxylation sites is 1. The first kappa shape index (κ1) is 20.1. The Labute approximate surface area is 169 Å². The highest BCUT2D eigenvalue weighted by Crippen LogP contribution is 2.15. The molecule has 0 spiro atoms. The van der Waals surface area contributed by atoms with Gasteiger partial charge >= 0.3 is 0 Å². The van der Waals surface area contributed by atoms with E-state index >= 15 is 0 Å². The molecule has 0 bridgehead atoms. The monoisotopic (exact) mass is 389 g/mol. The smallest absolute Gasteiger partial charge is 0.276 e. The van der Waals surface area contributed by atoms with E-state index in [1.54, 1.807) is 12.3 Å². The zero-order valence-corrected chi connectivity index (χ0v) is 16.2. The number of aromatic nitrogens is 1. The molecule has 6 heteroatoms. The first-order valence-corrected chi connectivity index (χ1v) is 9.47. The molecular formula is C23H23N3O3. The molecule has 0 atom stereocenters. The predicted octanol–water partition coefficient (Wildman–Crippen LogP) is 3.45. The summed E-state index contributed by atoms with van der Waals surface area (Å²) in [6.45, 7) is 3.02. The summed E-state index contributed by atoms with van der Waals surface area (Å²) in [6, 6.07) is 20.2. The van der Waals surface area contributed by atoms with Crippen molar-refractivity contribution < 1.29 is 9.53 Å². The van der Waals surface area contributed by atoms with Gasteiger partial charge in [-0.25, -0.2) is 5.43 Å². The number of carbonyl (C=O) groups excluding carboxylic acids is 1. The molecule has 6 nitrogen and oxygen atoms in total. The molecule has 3 aromatic rings. The van der Waals surface area contributed by atoms with Crippen molar-refractivity contribution in [1.82, 2.24) is 9.99 Å². The fourth-order valence-corrected chi connectivity index (χ4v) is 2.77. The van der Waals surface area contributed by atoms with Gasteiger partial charge in [0.25, 0.3) is 11.5 Å². The van der Waals surface area contributed by atoms with E-state index in [1.807, 2.05) is 61.5 Å². The number of pyridine rings is 1. The SMILES string of the molecule is CCCOc1ccccc1/C=N\NC(=O)c1cccn(Cc2ccccc2)c1=O. The molecule has 0 saturated carbocycles. The van der Waals surface area contributed by atoms with Crippen molar-refractivity contribution in [1.29, 1.82) is 0 Å². The Morgan fingerprint density at radius 1 is 1.07 bits per heavy atom. The Hall–Kier alpha value is -3.67. The van der Waals surface area contributed by atoms with Gasteiger partial charge in [-0.2, -0.15) is 5.10 Å². The summed E-state index contributed by atoms with van der Waals surface area (Å²) >= 11 is 0. The lowest BCUT2D eigenvalue weighted by Crippen LogP contribution is -2.30. The maximum absolute atomic E-state index is 12.7. The van der Waals surface area contributed by atoms with E-state index in [9.17, 15) is 9.59 Å². The molecule has 29 heavy (non-hydrogen) atoms. The Bertz CT molecular complexity index is 1040. The van der Waals surface area contributed by atoms with Crippen molar-refractivity contribution in [2.24, 2.45) is 5.10 Å². The van der Waals surface area contributed by atoms with Gasteiger partial charge in [-0.3, -0.25) is 9.59 Å². The molecule has 0 aliphatic carbocycles. The third-order valence-corrected chi connectivity index (χ3v) is 4.21. The van der Waals surface area contributed by atoms with Crippen LogP contribution < -0.4 is 15.7 Å². The lowest BCUT2D eigenvalue weighted by Gasteiger charge is -2.08. The number of rotatable bonds is 8. The van der Waals surface area contributed by atoms with E-state index in [1.165, 1.54) is 16.8 Å². The maximum atomic E-state index is 12.7. The quantitative estimate of drug-likeness (QED) is 0.474. The number of hydrazone groups is 1. The molecule has 0 fully saturated rings. The largest absolute Gasteiger partial charge is 0.493 e. The molecule has 2 aromatic carbocycles. The fraction of sp³-hybridized carbons (Fsp3) is 0.174. The highest BCUT2D eigenvalue weighted by Gasteiger charge is 2.11. The van der Waals surface area contributed by atoms with Crippen molar-refractivity contribution in [3.63, 3.8) is 0 Å². The van der Waals surface area contributed by atoms with E-state index < -0.39 is 5.91 Å². The zero-order chi connectivity index (χ0) is 20.5. The number of nitrogens with one attached hydrogen (secondary N) is 1. The van der Waals surface area contributed by atoms with Crippen LogP contribution in [0.25, 0.3) is 0 Å². The average molecular weight is 389 g/mol.